The van der Waals surface area contributed by atoms with Crippen LogP contribution in [0.2, 0.25) is 18.1 Å². The molecule has 1 aliphatic heterocycles. The molecule has 1 rings (SSSR count). The summed E-state index contributed by atoms with van der Waals surface area (Å²) in [4.78, 5) is 11.4. The van der Waals surface area contributed by atoms with Gasteiger partial charge in [-0.1, -0.05) is 20.8 Å². The summed E-state index contributed by atoms with van der Waals surface area (Å²) < 4.78 is 11.0. The molecule has 1 fully saturated rings. The van der Waals surface area contributed by atoms with Crippen LogP contribution in [0.15, 0.2) is 0 Å². The molecule has 0 radical (unpaired) electrons. The number of hydrogen-bond acceptors (Lipinski definition) is 4. The molecule has 0 aliphatic carbocycles. The van der Waals surface area contributed by atoms with Crippen LogP contribution in [0.4, 0.5) is 0 Å². The van der Waals surface area contributed by atoms with Gasteiger partial charge < -0.3 is 14.5 Å². The first-order chi connectivity index (χ1) is 7.67. The van der Waals surface area contributed by atoms with Crippen molar-refractivity contribution in [1.29, 1.82) is 0 Å². The zero-order valence-corrected chi connectivity index (χ0v) is 12.8. The van der Waals surface area contributed by atoms with E-state index in [9.17, 15) is 4.79 Å². The van der Waals surface area contributed by atoms with Gasteiger partial charge in [0.05, 0.1) is 13.2 Å². The number of nitrogens with one attached hydrogen (secondary N) is 1. The quantitative estimate of drug-likeness (QED) is 0.621. The van der Waals surface area contributed by atoms with Gasteiger partial charge in [-0.2, -0.15) is 0 Å². The van der Waals surface area contributed by atoms with Crippen molar-refractivity contribution in [3.05, 3.63) is 0 Å². The largest absolute Gasteiger partial charge is 0.468 e. The van der Waals surface area contributed by atoms with Crippen molar-refractivity contribution >= 4 is 14.3 Å². The van der Waals surface area contributed by atoms with Crippen LogP contribution in [0, 0.1) is 0 Å². The van der Waals surface area contributed by atoms with Gasteiger partial charge in [0.2, 0.25) is 0 Å². The zero-order chi connectivity index (χ0) is 13.3. The summed E-state index contributed by atoms with van der Waals surface area (Å²) in [5.74, 6) is -0.189. The third-order valence-corrected chi connectivity index (χ3v) is 8.38. The lowest BCUT2D eigenvalue weighted by molar-refractivity contribution is -0.142. The zero-order valence-electron chi connectivity index (χ0n) is 11.8. The number of rotatable bonds is 3. The normalized spacial score (nSPS) is 26.0. The first kappa shape index (κ1) is 14.7. The summed E-state index contributed by atoms with van der Waals surface area (Å²) in [5.41, 5.74) is 0. The van der Waals surface area contributed by atoms with Crippen LogP contribution in [0.3, 0.4) is 0 Å². The summed E-state index contributed by atoms with van der Waals surface area (Å²) in [6, 6.07) is -0.199. The molecule has 0 amide bonds. The van der Waals surface area contributed by atoms with Gasteiger partial charge in [0, 0.05) is 6.54 Å². The molecular weight excluding hydrogens is 234 g/mol. The predicted octanol–water partition coefficient (Wildman–Crippen LogP) is 1.91. The number of carbonyl (C=O) groups is 1. The van der Waals surface area contributed by atoms with E-state index in [2.05, 4.69) is 39.2 Å². The highest BCUT2D eigenvalue weighted by Crippen LogP contribution is 2.38. The van der Waals surface area contributed by atoms with Crippen LogP contribution in [0.25, 0.3) is 0 Å². The number of ether oxygens (including phenoxy) is 1. The smallest absolute Gasteiger partial charge is 0.322 e. The third kappa shape index (κ3) is 3.53. The summed E-state index contributed by atoms with van der Waals surface area (Å²) in [6.45, 7) is 11.9. The van der Waals surface area contributed by atoms with E-state index in [1.54, 1.807) is 0 Å². The van der Waals surface area contributed by atoms with Crippen molar-refractivity contribution in [2.75, 3.05) is 13.7 Å². The Morgan fingerprint density at radius 1 is 1.35 bits per heavy atom. The fourth-order valence-electron chi connectivity index (χ4n) is 1.71. The lowest BCUT2D eigenvalue weighted by atomic mass is 10.2. The Bertz CT molecular complexity index is 286. The summed E-state index contributed by atoms with van der Waals surface area (Å²) in [7, 11) is -0.314. The predicted molar refractivity (Wildman–Crippen MR) is 70.5 cm³/mol. The Kier molecular flexibility index (Phi) is 4.38. The number of methoxy groups -OCH3 is 1. The summed E-state index contributed by atoms with van der Waals surface area (Å²) in [6.07, 6.45) is 0.860. The standard InChI is InChI=1S/C12H25NO3Si/c1-12(2,3)17(5,6)16-9-7-10(13-8-9)11(14)15-4/h9-10,13H,7-8H2,1-6H3/t9-,10+/m0/s1. The van der Waals surface area contributed by atoms with Crippen LogP contribution in [-0.4, -0.2) is 40.1 Å². The first-order valence-corrected chi connectivity index (χ1v) is 9.07. The van der Waals surface area contributed by atoms with E-state index in [0.717, 1.165) is 13.0 Å². The molecule has 0 aromatic carbocycles. The molecule has 0 unspecified atom stereocenters. The average Bonchev–Trinajstić information content (AvgIpc) is 2.62. The van der Waals surface area contributed by atoms with Crippen LogP contribution in [0.5, 0.6) is 0 Å². The van der Waals surface area contributed by atoms with Gasteiger partial charge in [-0.3, -0.25) is 4.79 Å². The van der Waals surface area contributed by atoms with E-state index in [0.29, 0.717) is 0 Å². The minimum atomic E-state index is -1.74. The minimum absolute atomic E-state index is 0.139. The van der Waals surface area contributed by atoms with Gasteiger partial charge in [0.25, 0.3) is 0 Å². The van der Waals surface area contributed by atoms with E-state index >= 15 is 0 Å². The minimum Gasteiger partial charge on any atom is -0.468 e. The molecule has 0 saturated carbocycles. The SMILES string of the molecule is COC(=O)[C@H]1C[C@H](O[Si](C)(C)C(C)(C)C)CN1. The Morgan fingerprint density at radius 3 is 2.41 bits per heavy atom. The molecule has 17 heavy (non-hydrogen) atoms. The highest BCUT2D eigenvalue weighted by atomic mass is 28.4. The average molecular weight is 259 g/mol. The number of esters is 1. The van der Waals surface area contributed by atoms with Gasteiger partial charge >= 0.3 is 5.97 Å². The second-order valence-electron chi connectivity index (χ2n) is 6.22. The molecule has 100 valence electrons. The van der Waals surface area contributed by atoms with Crippen LogP contribution >= 0.6 is 0 Å². The van der Waals surface area contributed by atoms with E-state index < -0.39 is 8.32 Å². The second kappa shape index (κ2) is 5.08. The lowest BCUT2D eigenvalue weighted by Crippen LogP contribution is -2.44. The van der Waals surface area contributed by atoms with Crippen molar-refractivity contribution in [3.8, 4) is 0 Å². The molecule has 0 aromatic heterocycles. The maximum Gasteiger partial charge on any atom is 0.322 e. The summed E-state index contributed by atoms with van der Waals surface area (Å²) in [5, 5.41) is 3.36. The third-order valence-electron chi connectivity index (χ3n) is 3.84. The highest BCUT2D eigenvalue weighted by Gasteiger charge is 2.41. The Hall–Kier alpha value is -0.393. The molecule has 5 heteroatoms. The topological polar surface area (TPSA) is 47.6 Å². The van der Waals surface area contributed by atoms with Gasteiger partial charge in [-0.25, -0.2) is 0 Å². The van der Waals surface area contributed by atoms with Gasteiger partial charge in [-0.05, 0) is 24.6 Å². The molecule has 1 heterocycles. The second-order valence-corrected chi connectivity index (χ2v) is 11.0. The molecule has 2 atom stereocenters. The number of carbonyl (C=O) groups excluding carboxylic acids is 1. The Labute approximate surface area is 105 Å². The molecule has 0 spiro atoms. The maximum atomic E-state index is 11.4. The molecule has 1 aliphatic rings. The lowest BCUT2D eigenvalue weighted by Gasteiger charge is -2.38. The molecule has 1 N–H and O–H groups in total. The Balaban J connectivity index is 2.53. The molecule has 1 saturated heterocycles. The van der Waals surface area contributed by atoms with E-state index in [-0.39, 0.29) is 23.2 Å². The molecule has 0 aromatic rings. The number of hydrogen-bond donors (Lipinski definition) is 1. The van der Waals surface area contributed by atoms with Gasteiger partial charge in [0.1, 0.15) is 6.04 Å². The van der Waals surface area contributed by atoms with E-state index in [1.165, 1.54) is 7.11 Å². The molecule has 0 bridgehead atoms. The van der Waals surface area contributed by atoms with Crippen molar-refractivity contribution in [2.24, 2.45) is 0 Å². The van der Waals surface area contributed by atoms with Crippen LogP contribution in [-0.2, 0) is 14.0 Å². The van der Waals surface area contributed by atoms with Crippen molar-refractivity contribution in [3.63, 3.8) is 0 Å². The first-order valence-electron chi connectivity index (χ1n) is 6.16. The van der Waals surface area contributed by atoms with Crippen molar-refractivity contribution in [2.45, 2.75) is 57.5 Å². The van der Waals surface area contributed by atoms with Crippen LogP contribution in [0.1, 0.15) is 27.2 Å². The Morgan fingerprint density at radius 2 is 1.94 bits per heavy atom. The fraction of sp³-hybridized carbons (Fsp3) is 0.917. The van der Waals surface area contributed by atoms with E-state index in [4.69, 9.17) is 9.16 Å². The van der Waals surface area contributed by atoms with Gasteiger partial charge in [0.15, 0.2) is 8.32 Å². The van der Waals surface area contributed by atoms with Crippen LogP contribution < -0.4 is 5.32 Å². The maximum absolute atomic E-state index is 11.4. The van der Waals surface area contributed by atoms with Crippen molar-refractivity contribution < 1.29 is 14.0 Å². The van der Waals surface area contributed by atoms with Gasteiger partial charge in [-0.15, -0.1) is 0 Å². The fourth-order valence-corrected chi connectivity index (χ4v) is 3.07. The highest BCUT2D eigenvalue weighted by molar-refractivity contribution is 6.74. The molecule has 4 nitrogen and oxygen atoms in total. The molecular formula is C12H25NO3Si. The van der Waals surface area contributed by atoms with Crippen molar-refractivity contribution in [1.82, 2.24) is 5.32 Å². The monoisotopic (exact) mass is 259 g/mol. The van der Waals surface area contributed by atoms with E-state index in [1.807, 2.05) is 0 Å². The summed E-state index contributed by atoms with van der Waals surface area (Å²) >= 11 is 0.